The van der Waals surface area contributed by atoms with E-state index in [0.717, 1.165) is 18.4 Å². The molecule has 0 aromatic heterocycles. The van der Waals surface area contributed by atoms with Crippen molar-refractivity contribution >= 4 is 40.7 Å². The molecule has 0 unspecified atom stereocenters. The maximum atomic E-state index is 12.1. The fraction of sp³-hybridized carbons (Fsp3) is 0.263. The van der Waals surface area contributed by atoms with Crippen molar-refractivity contribution in [3.05, 3.63) is 63.6 Å². The topological polar surface area (TPSA) is 58.2 Å². The van der Waals surface area contributed by atoms with Gasteiger partial charge in [-0.15, -0.1) is 0 Å². The summed E-state index contributed by atoms with van der Waals surface area (Å²) in [5.74, 6) is -0.192. The second kappa shape index (κ2) is 7.89. The first kappa shape index (κ1) is 17.8. The summed E-state index contributed by atoms with van der Waals surface area (Å²) >= 11 is 12.1. The standard InChI is InChI=1S/C19H18Cl2N2O2/c20-16-3-1-2-12(18(16)21)6-11-17(24)22-14-7-4-13(5-8-14)19(25)23-15-9-10-15/h1-5,7-8,15H,6,9-11H2,(H,22,24)(H,23,25). The molecule has 0 saturated heterocycles. The predicted octanol–water partition coefficient (Wildman–Crippen LogP) is 4.46. The SMILES string of the molecule is O=C(CCc1cccc(Cl)c1Cl)Nc1ccc(C(=O)NC2CC2)cc1. The van der Waals surface area contributed by atoms with Crippen LogP contribution in [0.15, 0.2) is 42.5 Å². The van der Waals surface area contributed by atoms with Crippen LogP contribution >= 0.6 is 23.2 Å². The van der Waals surface area contributed by atoms with Crippen molar-refractivity contribution in [2.45, 2.75) is 31.7 Å². The number of aryl methyl sites for hydroxylation is 1. The van der Waals surface area contributed by atoms with E-state index >= 15 is 0 Å². The molecule has 0 radical (unpaired) electrons. The average molecular weight is 377 g/mol. The first-order chi connectivity index (χ1) is 12.0. The van der Waals surface area contributed by atoms with Crippen LogP contribution in [0.4, 0.5) is 5.69 Å². The largest absolute Gasteiger partial charge is 0.349 e. The summed E-state index contributed by atoms with van der Waals surface area (Å²) < 4.78 is 0. The summed E-state index contributed by atoms with van der Waals surface area (Å²) in [6, 6.07) is 12.6. The molecular formula is C19H18Cl2N2O2. The predicted molar refractivity (Wildman–Crippen MR) is 100 cm³/mol. The van der Waals surface area contributed by atoms with Gasteiger partial charge in [0.25, 0.3) is 5.91 Å². The van der Waals surface area contributed by atoms with Crippen LogP contribution < -0.4 is 10.6 Å². The number of carbonyl (C=O) groups excluding carboxylic acids is 2. The minimum Gasteiger partial charge on any atom is -0.349 e. The minimum absolute atomic E-state index is 0.0732. The van der Waals surface area contributed by atoms with Crippen molar-refractivity contribution in [2.24, 2.45) is 0 Å². The second-order valence-electron chi connectivity index (χ2n) is 6.09. The smallest absolute Gasteiger partial charge is 0.251 e. The molecule has 6 heteroatoms. The van der Waals surface area contributed by atoms with Gasteiger partial charge in [-0.1, -0.05) is 35.3 Å². The molecule has 4 nitrogen and oxygen atoms in total. The molecule has 0 aliphatic heterocycles. The van der Waals surface area contributed by atoms with Crippen LogP contribution in [0, 0.1) is 0 Å². The van der Waals surface area contributed by atoms with Gasteiger partial charge in [-0.05, 0) is 55.2 Å². The molecule has 0 spiro atoms. The molecular weight excluding hydrogens is 359 g/mol. The second-order valence-corrected chi connectivity index (χ2v) is 6.87. The lowest BCUT2D eigenvalue weighted by atomic mass is 10.1. The van der Waals surface area contributed by atoms with Gasteiger partial charge in [0.2, 0.25) is 5.91 Å². The zero-order valence-electron chi connectivity index (χ0n) is 13.5. The number of hydrogen-bond donors (Lipinski definition) is 2. The maximum Gasteiger partial charge on any atom is 0.251 e. The fourth-order valence-corrected chi connectivity index (χ4v) is 2.83. The monoisotopic (exact) mass is 376 g/mol. The first-order valence-corrected chi connectivity index (χ1v) is 8.92. The van der Waals surface area contributed by atoms with Crippen LogP contribution in [0.3, 0.4) is 0 Å². The van der Waals surface area contributed by atoms with Crippen LogP contribution in [-0.4, -0.2) is 17.9 Å². The van der Waals surface area contributed by atoms with E-state index in [1.165, 1.54) is 0 Å². The fourth-order valence-electron chi connectivity index (χ4n) is 2.41. The molecule has 1 saturated carbocycles. The van der Waals surface area contributed by atoms with Crippen molar-refractivity contribution < 1.29 is 9.59 Å². The van der Waals surface area contributed by atoms with E-state index in [1.54, 1.807) is 30.3 Å². The Morgan fingerprint density at radius 2 is 1.76 bits per heavy atom. The highest BCUT2D eigenvalue weighted by molar-refractivity contribution is 6.42. The number of halogens is 2. The number of carbonyl (C=O) groups is 2. The lowest BCUT2D eigenvalue weighted by Crippen LogP contribution is -2.25. The molecule has 1 fully saturated rings. The molecule has 2 aromatic carbocycles. The Labute approximate surface area is 156 Å². The lowest BCUT2D eigenvalue weighted by Gasteiger charge is -2.08. The zero-order valence-corrected chi connectivity index (χ0v) is 15.0. The van der Waals surface area contributed by atoms with E-state index in [1.807, 2.05) is 12.1 Å². The molecule has 0 heterocycles. The molecule has 2 N–H and O–H groups in total. The normalized spacial score (nSPS) is 13.4. The molecule has 1 aliphatic carbocycles. The highest BCUT2D eigenvalue weighted by Gasteiger charge is 2.23. The third-order valence-electron chi connectivity index (χ3n) is 4.00. The Morgan fingerprint density at radius 1 is 1.04 bits per heavy atom. The third-order valence-corrected chi connectivity index (χ3v) is 4.85. The van der Waals surface area contributed by atoms with E-state index in [9.17, 15) is 9.59 Å². The van der Waals surface area contributed by atoms with Crippen molar-refractivity contribution in [3.63, 3.8) is 0 Å². The van der Waals surface area contributed by atoms with Crippen molar-refractivity contribution in [2.75, 3.05) is 5.32 Å². The Morgan fingerprint density at radius 3 is 2.44 bits per heavy atom. The first-order valence-electron chi connectivity index (χ1n) is 8.16. The van der Waals surface area contributed by atoms with Crippen LogP contribution in [-0.2, 0) is 11.2 Å². The van der Waals surface area contributed by atoms with Gasteiger partial charge in [-0.3, -0.25) is 9.59 Å². The van der Waals surface area contributed by atoms with Crippen molar-refractivity contribution in [3.8, 4) is 0 Å². The van der Waals surface area contributed by atoms with E-state index in [4.69, 9.17) is 23.2 Å². The van der Waals surface area contributed by atoms with E-state index in [2.05, 4.69) is 10.6 Å². The molecule has 25 heavy (non-hydrogen) atoms. The third kappa shape index (κ3) is 4.97. The lowest BCUT2D eigenvalue weighted by molar-refractivity contribution is -0.116. The van der Waals surface area contributed by atoms with E-state index in [-0.39, 0.29) is 11.8 Å². The summed E-state index contributed by atoms with van der Waals surface area (Å²) in [6.07, 6.45) is 2.91. The minimum atomic E-state index is -0.119. The number of anilines is 1. The molecule has 1 aliphatic rings. The zero-order chi connectivity index (χ0) is 17.8. The Balaban J connectivity index is 1.52. The van der Waals surface area contributed by atoms with Crippen molar-refractivity contribution in [1.29, 1.82) is 0 Å². The number of nitrogens with one attached hydrogen (secondary N) is 2. The summed E-state index contributed by atoms with van der Waals surface area (Å²) in [5.41, 5.74) is 2.09. The van der Waals surface area contributed by atoms with Gasteiger partial charge in [0.05, 0.1) is 10.0 Å². The molecule has 2 aromatic rings. The highest BCUT2D eigenvalue weighted by Crippen LogP contribution is 2.26. The van der Waals surface area contributed by atoms with Gasteiger partial charge < -0.3 is 10.6 Å². The average Bonchev–Trinajstić information content (AvgIpc) is 3.41. The molecule has 130 valence electrons. The maximum absolute atomic E-state index is 12.1. The van der Waals surface area contributed by atoms with Crippen LogP contribution in [0.25, 0.3) is 0 Å². The quantitative estimate of drug-likeness (QED) is 0.781. The van der Waals surface area contributed by atoms with Gasteiger partial charge >= 0.3 is 0 Å². The summed E-state index contributed by atoms with van der Waals surface area (Å²) in [6.45, 7) is 0. The van der Waals surface area contributed by atoms with Gasteiger partial charge in [-0.25, -0.2) is 0 Å². The van der Waals surface area contributed by atoms with Gasteiger partial charge in [-0.2, -0.15) is 0 Å². The molecule has 0 bridgehead atoms. The van der Waals surface area contributed by atoms with Crippen molar-refractivity contribution in [1.82, 2.24) is 5.32 Å². The van der Waals surface area contributed by atoms with E-state index < -0.39 is 0 Å². The summed E-state index contributed by atoms with van der Waals surface area (Å²) in [5, 5.41) is 6.72. The molecule has 2 amide bonds. The Kier molecular flexibility index (Phi) is 5.61. The van der Waals surface area contributed by atoms with E-state index in [0.29, 0.717) is 40.2 Å². The van der Waals surface area contributed by atoms with Crippen LogP contribution in [0.2, 0.25) is 10.0 Å². The van der Waals surface area contributed by atoms with Crippen LogP contribution in [0.5, 0.6) is 0 Å². The Bertz CT molecular complexity index is 787. The van der Waals surface area contributed by atoms with Gasteiger partial charge in [0.15, 0.2) is 0 Å². The summed E-state index contributed by atoms with van der Waals surface area (Å²) in [7, 11) is 0. The number of hydrogen-bond acceptors (Lipinski definition) is 2. The summed E-state index contributed by atoms with van der Waals surface area (Å²) in [4.78, 5) is 24.0. The Hall–Kier alpha value is -2.04. The number of rotatable bonds is 6. The highest BCUT2D eigenvalue weighted by atomic mass is 35.5. The van der Waals surface area contributed by atoms with Crippen LogP contribution in [0.1, 0.15) is 35.2 Å². The number of amides is 2. The van der Waals surface area contributed by atoms with Gasteiger partial charge in [0.1, 0.15) is 0 Å². The molecule has 0 atom stereocenters. The number of benzene rings is 2. The molecule has 3 rings (SSSR count). The van der Waals surface area contributed by atoms with Gasteiger partial charge in [0, 0.05) is 23.7 Å².